The molecule has 248 valence electrons. The van der Waals surface area contributed by atoms with Crippen LogP contribution in [-0.2, 0) is 20.9 Å². The highest BCUT2D eigenvalue weighted by atomic mass is 16.5. The lowest BCUT2D eigenvalue weighted by molar-refractivity contribution is -0.134. The van der Waals surface area contributed by atoms with Crippen molar-refractivity contribution in [2.24, 2.45) is 17.8 Å². The van der Waals surface area contributed by atoms with Gasteiger partial charge in [-0.1, -0.05) is 59.7 Å². The molecule has 0 aliphatic carbocycles. The van der Waals surface area contributed by atoms with Crippen LogP contribution >= 0.6 is 0 Å². The molecule has 0 aliphatic rings. The molecule has 0 aliphatic heterocycles. The van der Waals surface area contributed by atoms with E-state index in [0.29, 0.717) is 22.8 Å². The van der Waals surface area contributed by atoms with E-state index in [9.17, 15) is 19.2 Å². The second-order valence-electron chi connectivity index (χ2n) is 11.6. The first kappa shape index (κ1) is 36.7. The first-order valence-corrected chi connectivity index (χ1v) is 14.9. The highest BCUT2D eigenvalue weighted by Gasteiger charge is 2.34. The minimum Gasteiger partial charge on any atom is -0.493 e. The average molecular weight is 629 g/mol. The van der Waals surface area contributed by atoms with Crippen LogP contribution in [0.4, 0.5) is 0 Å². The van der Waals surface area contributed by atoms with Gasteiger partial charge in [0.2, 0.25) is 17.7 Å². The molecular formula is C33H48N4O8. The minimum atomic E-state index is -0.977. The number of methoxy groups -OCH3 is 4. The Morgan fingerprint density at radius 2 is 1.02 bits per heavy atom. The van der Waals surface area contributed by atoms with E-state index in [1.165, 1.54) is 28.4 Å². The van der Waals surface area contributed by atoms with Crippen molar-refractivity contribution >= 4 is 23.6 Å². The number of benzene rings is 2. The molecule has 4 amide bonds. The van der Waals surface area contributed by atoms with Crippen molar-refractivity contribution in [1.29, 1.82) is 0 Å². The predicted molar refractivity (Wildman–Crippen MR) is 171 cm³/mol. The van der Waals surface area contributed by atoms with Gasteiger partial charge < -0.3 is 40.2 Å². The van der Waals surface area contributed by atoms with Crippen LogP contribution in [0.3, 0.4) is 0 Å². The maximum absolute atomic E-state index is 13.5. The van der Waals surface area contributed by atoms with E-state index in [-0.39, 0.29) is 35.6 Å². The lowest BCUT2D eigenvalue weighted by Crippen LogP contribution is -2.59. The van der Waals surface area contributed by atoms with Crippen LogP contribution in [-0.4, -0.2) is 70.2 Å². The van der Waals surface area contributed by atoms with E-state index in [1.807, 2.05) is 19.9 Å². The molecule has 0 unspecified atom stereocenters. The monoisotopic (exact) mass is 628 g/mol. The molecule has 2 aromatic rings. The Balaban J connectivity index is 2.18. The van der Waals surface area contributed by atoms with E-state index >= 15 is 0 Å². The predicted octanol–water partition coefficient (Wildman–Crippen LogP) is 3.07. The van der Waals surface area contributed by atoms with Crippen LogP contribution in [0.15, 0.2) is 36.4 Å². The topological polar surface area (TPSA) is 153 Å². The fourth-order valence-corrected chi connectivity index (χ4v) is 4.76. The number of nitrogens with one attached hydrogen (secondary N) is 4. The van der Waals surface area contributed by atoms with Gasteiger partial charge in [0.1, 0.15) is 18.1 Å². The molecule has 2 rings (SSSR count). The summed E-state index contributed by atoms with van der Waals surface area (Å²) < 4.78 is 21.4. The SMILES string of the molecule is COc1cccc(CNC(=O)[C@@H](NC(=O)[C@@H](NC(=O)[C@@H](NC(=O)c2cccc(OC)c2OC)C(C)C)C(C)C)C(C)C)c1OC. The van der Waals surface area contributed by atoms with Crippen molar-refractivity contribution in [2.75, 3.05) is 28.4 Å². The number of ether oxygens (including phenoxy) is 4. The van der Waals surface area contributed by atoms with Crippen LogP contribution in [0, 0.1) is 17.8 Å². The lowest BCUT2D eigenvalue weighted by Gasteiger charge is -2.29. The standard InChI is InChI=1S/C33H48N4O8/c1-18(2)25(31(39)34-17-21-13-11-15-23(42-7)28(21)44-9)36-33(41)27(20(5)6)37-32(40)26(19(3)4)35-30(38)22-14-12-16-24(43-8)29(22)45-10/h11-16,18-20,25-27H,17H2,1-10H3,(H,34,39)(H,35,38)(H,36,41)(H,37,40)/t25-,26-,27-/m0/s1. The van der Waals surface area contributed by atoms with Crippen LogP contribution in [0.1, 0.15) is 57.5 Å². The summed E-state index contributed by atoms with van der Waals surface area (Å²) in [6, 6.07) is 7.41. The number of carbonyl (C=O) groups excluding carboxylic acids is 4. The molecule has 0 bridgehead atoms. The summed E-state index contributed by atoms with van der Waals surface area (Å²) in [5, 5.41) is 11.2. The van der Waals surface area contributed by atoms with Gasteiger partial charge in [-0.25, -0.2) is 0 Å². The van der Waals surface area contributed by atoms with Crippen molar-refractivity contribution in [3.8, 4) is 23.0 Å². The first-order chi connectivity index (χ1) is 21.3. The van der Waals surface area contributed by atoms with Gasteiger partial charge in [0, 0.05) is 12.1 Å². The summed E-state index contributed by atoms with van der Waals surface area (Å²) in [5.41, 5.74) is 0.908. The maximum Gasteiger partial charge on any atom is 0.255 e. The van der Waals surface area contributed by atoms with Crippen molar-refractivity contribution in [3.63, 3.8) is 0 Å². The highest BCUT2D eigenvalue weighted by Crippen LogP contribution is 2.31. The molecule has 0 spiro atoms. The summed E-state index contributed by atoms with van der Waals surface area (Å²) in [6.07, 6.45) is 0. The van der Waals surface area contributed by atoms with Crippen LogP contribution in [0.2, 0.25) is 0 Å². The Kier molecular flexibility index (Phi) is 14.0. The van der Waals surface area contributed by atoms with E-state index in [0.717, 1.165) is 0 Å². The lowest BCUT2D eigenvalue weighted by atomic mass is 9.97. The van der Waals surface area contributed by atoms with Crippen LogP contribution in [0.5, 0.6) is 23.0 Å². The fourth-order valence-electron chi connectivity index (χ4n) is 4.76. The summed E-state index contributed by atoms with van der Waals surface area (Å²) >= 11 is 0. The van der Waals surface area contributed by atoms with Gasteiger partial charge in [-0.2, -0.15) is 0 Å². The largest absolute Gasteiger partial charge is 0.493 e. The molecule has 0 heterocycles. The molecular weight excluding hydrogens is 580 g/mol. The molecule has 0 radical (unpaired) electrons. The molecule has 4 N–H and O–H groups in total. The summed E-state index contributed by atoms with van der Waals surface area (Å²) in [6.45, 7) is 10.9. The maximum atomic E-state index is 13.5. The third kappa shape index (κ3) is 9.50. The summed E-state index contributed by atoms with van der Waals surface area (Å²) in [5.74, 6) is -1.23. The Morgan fingerprint density at radius 1 is 0.578 bits per heavy atom. The van der Waals surface area contributed by atoms with Crippen LogP contribution in [0.25, 0.3) is 0 Å². The Labute approximate surface area is 265 Å². The van der Waals surface area contributed by atoms with Gasteiger partial charge in [-0.05, 0) is 36.0 Å². The van der Waals surface area contributed by atoms with Gasteiger partial charge in [-0.3, -0.25) is 19.2 Å². The number of hydrogen-bond acceptors (Lipinski definition) is 8. The number of carbonyl (C=O) groups is 4. The summed E-state index contributed by atoms with van der Waals surface area (Å²) in [7, 11) is 5.94. The molecule has 12 nitrogen and oxygen atoms in total. The number of amides is 4. The zero-order valence-corrected chi connectivity index (χ0v) is 27.9. The molecule has 2 aromatic carbocycles. The first-order valence-electron chi connectivity index (χ1n) is 14.9. The van der Waals surface area contributed by atoms with Crippen molar-refractivity contribution < 1.29 is 38.1 Å². The molecule has 45 heavy (non-hydrogen) atoms. The number of para-hydroxylation sites is 2. The van der Waals surface area contributed by atoms with Gasteiger partial charge in [0.05, 0.1) is 34.0 Å². The fraction of sp³-hybridized carbons (Fsp3) is 0.515. The molecule has 0 saturated carbocycles. The van der Waals surface area contributed by atoms with E-state index < -0.39 is 41.8 Å². The molecule has 12 heteroatoms. The van der Waals surface area contributed by atoms with E-state index in [2.05, 4.69) is 21.3 Å². The normalized spacial score (nSPS) is 13.0. The highest BCUT2D eigenvalue weighted by molar-refractivity contribution is 6.01. The second kappa shape index (κ2) is 17.1. The minimum absolute atomic E-state index is 0.149. The van der Waals surface area contributed by atoms with Gasteiger partial charge >= 0.3 is 0 Å². The smallest absolute Gasteiger partial charge is 0.255 e. The quantitative estimate of drug-likeness (QED) is 0.221. The van der Waals surface area contributed by atoms with Crippen molar-refractivity contribution in [1.82, 2.24) is 21.3 Å². The van der Waals surface area contributed by atoms with E-state index in [1.54, 1.807) is 58.0 Å². The third-order valence-corrected chi connectivity index (χ3v) is 7.31. The molecule has 3 atom stereocenters. The zero-order chi connectivity index (χ0) is 33.8. The second-order valence-corrected chi connectivity index (χ2v) is 11.6. The molecule has 0 aromatic heterocycles. The van der Waals surface area contributed by atoms with Gasteiger partial charge in [-0.15, -0.1) is 0 Å². The van der Waals surface area contributed by atoms with Crippen LogP contribution < -0.4 is 40.2 Å². The Hall–Kier alpha value is -4.48. The average Bonchev–Trinajstić information content (AvgIpc) is 3.01. The van der Waals surface area contributed by atoms with Crippen molar-refractivity contribution in [2.45, 2.75) is 66.2 Å². The van der Waals surface area contributed by atoms with Crippen molar-refractivity contribution in [3.05, 3.63) is 47.5 Å². The third-order valence-electron chi connectivity index (χ3n) is 7.31. The number of rotatable bonds is 16. The van der Waals surface area contributed by atoms with Gasteiger partial charge in [0.25, 0.3) is 5.91 Å². The Bertz CT molecular complexity index is 1330. The number of hydrogen-bond donors (Lipinski definition) is 4. The van der Waals surface area contributed by atoms with E-state index in [4.69, 9.17) is 18.9 Å². The molecule has 0 saturated heterocycles. The van der Waals surface area contributed by atoms with Gasteiger partial charge in [0.15, 0.2) is 23.0 Å². The zero-order valence-electron chi connectivity index (χ0n) is 27.9. The summed E-state index contributed by atoms with van der Waals surface area (Å²) in [4.78, 5) is 53.5. The Morgan fingerprint density at radius 3 is 1.49 bits per heavy atom. The molecule has 0 fully saturated rings.